The quantitative estimate of drug-likeness (QED) is 0.0847. The van der Waals surface area contributed by atoms with Crippen molar-refractivity contribution in [3.63, 3.8) is 0 Å². The van der Waals surface area contributed by atoms with E-state index in [1.54, 1.807) is 0 Å². The molecule has 212 valence electrons. The van der Waals surface area contributed by atoms with E-state index in [0.29, 0.717) is 0 Å². The zero-order valence-corrected chi connectivity index (χ0v) is 26.2. The number of carbonyl (C=O) groups is 1. The maximum absolute atomic E-state index is 13.7. The Kier molecular flexibility index (Phi) is 21.9. The summed E-state index contributed by atoms with van der Waals surface area (Å²) in [5.74, 6) is 0.281. The Morgan fingerprint density at radius 1 is 0.514 bits per heavy atom. The molecule has 0 saturated carbocycles. The van der Waals surface area contributed by atoms with Crippen LogP contribution in [0.1, 0.15) is 170 Å². The van der Waals surface area contributed by atoms with Crippen molar-refractivity contribution < 1.29 is 9.32 Å². The molecule has 0 heterocycles. The van der Waals surface area contributed by atoms with Crippen molar-refractivity contribution in [2.45, 2.75) is 170 Å². The molecule has 0 aliphatic rings. The van der Waals surface area contributed by atoms with E-state index in [9.17, 15) is 4.79 Å². The van der Waals surface area contributed by atoms with Gasteiger partial charge in [-0.3, -0.25) is 0 Å². The van der Waals surface area contributed by atoms with Gasteiger partial charge in [0.15, 0.2) is 0 Å². The Morgan fingerprint density at radius 2 is 0.886 bits per heavy atom. The van der Waals surface area contributed by atoms with E-state index < -0.39 is 6.83 Å². The zero-order chi connectivity index (χ0) is 26.3. The Labute approximate surface area is 222 Å². The van der Waals surface area contributed by atoms with Gasteiger partial charge in [0.05, 0.1) is 0 Å². The van der Waals surface area contributed by atoms with Gasteiger partial charge in [-0.2, -0.15) is 0 Å². The van der Waals surface area contributed by atoms with Gasteiger partial charge in [-0.1, -0.05) is 0 Å². The first-order valence-electron chi connectivity index (χ1n) is 16.2. The van der Waals surface area contributed by atoms with Gasteiger partial charge < -0.3 is 0 Å². The number of rotatable bonds is 26. The molecule has 0 spiro atoms. The molecular weight excluding hydrogens is 447 g/mol. The molecule has 0 N–H and O–H groups in total. The van der Waals surface area contributed by atoms with Gasteiger partial charge in [-0.25, -0.2) is 0 Å². The average molecular weight is 515 g/mol. The van der Waals surface area contributed by atoms with Gasteiger partial charge in [0.1, 0.15) is 0 Å². The molecule has 0 saturated heterocycles. The Morgan fingerprint density at radius 3 is 1.29 bits per heavy atom. The fraction of sp³-hybridized carbons (Fsp3) is 0.969. The molecule has 0 aromatic heterocycles. The van der Waals surface area contributed by atoms with E-state index in [4.69, 9.17) is 4.52 Å². The van der Waals surface area contributed by atoms with Gasteiger partial charge >= 0.3 is 223 Å². The van der Waals surface area contributed by atoms with Crippen molar-refractivity contribution >= 4 is 12.8 Å². The molecule has 0 rings (SSSR count). The number of unbranched alkanes of at least 4 members (excludes halogenated alkanes) is 13. The van der Waals surface area contributed by atoms with Crippen LogP contribution in [0.15, 0.2) is 0 Å². The molecule has 0 bridgehead atoms. The average Bonchev–Trinajstić information content (AvgIpc) is 2.87. The van der Waals surface area contributed by atoms with Gasteiger partial charge in [0.25, 0.3) is 0 Å². The summed E-state index contributed by atoms with van der Waals surface area (Å²) in [4.78, 5) is 13.7. The van der Waals surface area contributed by atoms with E-state index >= 15 is 0 Å². The van der Waals surface area contributed by atoms with E-state index in [2.05, 4.69) is 41.5 Å². The molecule has 0 radical (unpaired) electrons. The van der Waals surface area contributed by atoms with Gasteiger partial charge in [0, 0.05) is 0 Å². The van der Waals surface area contributed by atoms with E-state index in [0.717, 1.165) is 25.7 Å². The first-order valence-corrected chi connectivity index (χ1v) is 19.1. The Balaban J connectivity index is 5.41. The number of hydrogen-bond donors (Lipinski definition) is 0. The van der Waals surface area contributed by atoms with Crippen molar-refractivity contribution in [3.8, 4) is 0 Å². The maximum atomic E-state index is 13.7. The Hall–Kier alpha value is -0.100. The zero-order valence-electron chi connectivity index (χ0n) is 25.3. The summed E-state index contributed by atoms with van der Waals surface area (Å²) < 4.78 is 7.06. The molecular formula is C32H67O2P. The Bertz CT molecular complexity index is 465. The summed E-state index contributed by atoms with van der Waals surface area (Å²) in [5.41, 5.74) is 0. The van der Waals surface area contributed by atoms with Crippen LogP contribution < -0.4 is 0 Å². The van der Waals surface area contributed by atoms with Crippen molar-refractivity contribution in [2.75, 3.05) is 24.6 Å². The van der Waals surface area contributed by atoms with Gasteiger partial charge in [-0.15, -0.1) is 0 Å². The van der Waals surface area contributed by atoms with E-state index in [-0.39, 0.29) is 11.9 Å². The summed E-state index contributed by atoms with van der Waals surface area (Å²) in [5, 5.41) is 0. The normalized spacial score (nSPS) is 13.9. The molecule has 1 unspecified atom stereocenters. The first-order chi connectivity index (χ1) is 17.0. The SMILES string of the molecule is CCCCCCCCCCCCP(CCCC)(CCCC)(CCCC)OC(=O)C(CC)CCCC. The summed E-state index contributed by atoms with van der Waals surface area (Å²) in [7, 11) is 0. The topological polar surface area (TPSA) is 26.3 Å². The molecule has 0 aliphatic heterocycles. The van der Waals surface area contributed by atoms with Crippen LogP contribution in [0.3, 0.4) is 0 Å². The molecule has 0 fully saturated rings. The number of carbonyl (C=O) groups excluding carboxylic acids is 1. The third kappa shape index (κ3) is 15.0. The van der Waals surface area contributed by atoms with Crippen LogP contribution in [0.4, 0.5) is 0 Å². The summed E-state index contributed by atoms with van der Waals surface area (Å²) >= 11 is 0. The predicted molar refractivity (Wildman–Crippen MR) is 162 cm³/mol. The molecule has 0 aromatic carbocycles. The van der Waals surface area contributed by atoms with Crippen molar-refractivity contribution in [1.29, 1.82) is 0 Å². The molecule has 0 aliphatic carbocycles. The second-order valence-electron chi connectivity index (χ2n) is 11.7. The van der Waals surface area contributed by atoms with Gasteiger partial charge in [0.2, 0.25) is 0 Å². The summed E-state index contributed by atoms with van der Waals surface area (Å²) in [6.45, 7) is 11.1. The van der Waals surface area contributed by atoms with Crippen molar-refractivity contribution in [1.82, 2.24) is 0 Å². The second kappa shape index (κ2) is 21.9. The van der Waals surface area contributed by atoms with E-state index in [1.165, 1.54) is 127 Å². The van der Waals surface area contributed by atoms with Crippen LogP contribution in [-0.2, 0) is 9.32 Å². The van der Waals surface area contributed by atoms with Crippen LogP contribution in [0.2, 0.25) is 0 Å². The van der Waals surface area contributed by atoms with Crippen LogP contribution in [0.25, 0.3) is 0 Å². The first kappa shape index (κ1) is 34.9. The van der Waals surface area contributed by atoms with Crippen LogP contribution in [0, 0.1) is 5.92 Å². The minimum atomic E-state index is -2.53. The van der Waals surface area contributed by atoms with Crippen LogP contribution in [-0.4, -0.2) is 30.6 Å². The second-order valence-corrected chi connectivity index (χ2v) is 17.3. The minimum absolute atomic E-state index is 0.106. The van der Waals surface area contributed by atoms with Crippen LogP contribution >= 0.6 is 6.83 Å². The molecule has 3 heteroatoms. The van der Waals surface area contributed by atoms with Crippen LogP contribution in [0.5, 0.6) is 0 Å². The fourth-order valence-corrected chi connectivity index (χ4v) is 12.5. The summed E-state index contributed by atoms with van der Waals surface area (Å²) in [6.07, 6.45) is 30.0. The van der Waals surface area contributed by atoms with Crippen molar-refractivity contribution in [3.05, 3.63) is 0 Å². The molecule has 35 heavy (non-hydrogen) atoms. The number of hydrogen-bond acceptors (Lipinski definition) is 2. The molecule has 2 nitrogen and oxygen atoms in total. The van der Waals surface area contributed by atoms with E-state index in [1.807, 2.05) is 0 Å². The van der Waals surface area contributed by atoms with Gasteiger partial charge in [-0.05, 0) is 0 Å². The standard InChI is InChI=1S/C32H67O2P/c1-7-13-18-19-20-21-22-23-24-25-30-35(27-15-9-3,28-16-10-4,29-17-11-5)34-32(33)31(12-6)26-14-8-2/h31H,7-30H2,1-6H3. The van der Waals surface area contributed by atoms with Crippen molar-refractivity contribution in [2.24, 2.45) is 5.92 Å². The molecule has 0 aromatic rings. The molecule has 0 amide bonds. The third-order valence-electron chi connectivity index (χ3n) is 8.39. The predicted octanol–water partition coefficient (Wildman–Crippen LogP) is 11.5. The summed E-state index contributed by atoms with van der Waals surface area (Å²) in [6, 6.07) is 0. The monoisotopic (exact) mass is 514 g/mol. The third-order valence-corrected chi connectivity index (χ3v) is 14.9. The fourth-order valence-electron chi connectivity index (χ4n) is 5.79. The molecule has 1 atom stereocenters.